The first-order valence-corrected chi connectivity index (χ1v) is 15.5. The van der Waals surface area contributed by atoms with Gasteiger partial charge < -0.3 is 0 Å². The van der Waals surface area contributed by atoms with Gasteiger partial charge in [0, 0.05) is 0 Å². The third-order valence-corrected chi connectivity index (χ3v) is 7.25. The monoisotopic (exact) mass is 449 g/mol. The number of hydrogen-bond acceptors (Lipinski definition) is 0. The molecule has 192 valence electrons. The average molecular weight is 449 g/mol. The summed E-state index contributed by atoms with van der Waals surface area (Å²) in [6, 6.07) is 0. The third kappa shape index (κ3) is 30.0. The van der Waals surface area contributed by atoms with Gasteiger partial charge in [0.15, 0.2) is 0 Å². The molecule has 0 aliphatic rings. The molecule has 2 radical (unpaired) electrons. The summed E-state index contributed by atoms with van der Waals surface area (Å²) in [4.78, 5) is 0. The van der Waals surface area contributed by atoms with Gasteiger partial charge in [-0.05, 0) is 0 Å². The Balaban J connectivity index is 2.98. The molecule has 0 spiro atoms. The molecule has 0 aromatic carbocycles. The Labute approximate surface area is 206 Å². The molecule has 32 heavy (non-hydrogen) atoms. The van der Waals surface area contributed by atoms with Crippen molar-refractivity contribution in [2.24, 2.45) is 0 Å². The van der Waals surface area contributed by atoms with Crippen LogP contribution in [0.5, 0.6) is 0 Å². The zero-order chi connectivity index (χ0) is 23.2. The quantitative estimate of drug-likeness (QED) is 0.0997. The van der Waals surface area contributed by atoms with Crippen LogP contribution in [0, 0.1) is 13.8 Å². The first-order valence-electron chi connectivity index (χ1n) is 15.5. The molecule has 0 unspecified atom stereocenters. The molecular weight excluding hydrogens is 384 g/mol. The molecule has 0 rings (SSSR count). The summed E-state index contributed by atoms with van der Waals surface area (Å²) in [5.74, 6) is 0. The van der Waals surface area contributed by atoms with Gasteiger partial charge in [-0.15, -0.1) is 0 Å². The van der Waals surface area contributed by atoms with Gasteiger partial charge in [-0.3, -0.25) is 0 Å². The van der Waals surface area contributed by atoms with Gasteiger partial charge in [-0.1, -0.05) is 206 Å². The Hall–Kier alpha value is 0. The lowest BCUT2D eigenvalue weighted by molar-refractivity contribution is 0.514. The van der Waals surface area contributed by atoms with E-state index in [0.29, 0.717) is 0 Å². The molecule has 0 N–H and O–H groups in total. The highest BCUT2D eigenvalue weighted by Gasteiger charge is 1.96. The highest BCUT2D eigenvalue weighted by molar-refractivity contribution is 4.52. The van der Waals surface area contributed by atoms with Gasteiger partial charge in [0.2, 0.25) is 0 Å². The van der Waals surface area contributed by atoms with E-state index >= 15 is 0 Å². The maximum atomic E-state index is 3.92. The summed E-state index contributed by atoms with van der Waals surface area (Å²) in [6.07, 6.45) is 43.2. The van der Waals surface area contributed by atoms with E-state index in [0.717, 1.165) is 12.8 Å². The Morgan fingerprint density at radius 3 is 0.344 bits per heavy atom. The highest BCUT2D eigenvalue weighted by Crippen LogP contribution is 2.16. The second-order valence-electron chi connectivity index (χ2n) is 10.6. The lowest BCUT2D eigenvalue weighted by Gasteiger charge is -2.04. The van der Waals surface area contributed by atoms with Crippen molar-refractivity contribution in [1.82, 2.24) is 0 Å². The van der Waals surface area contributed by atoms with Crippen LogP contribution < -0.4 is 0 Å². The first-order chi connectivity index (χ1) is 15.9. The Bertz CT molecular complexity index is 264. The molecule has 0 atom stereocenters. The third-order valence-electron chi connectivity index (χ3n) is 7.25. The fraction of sp³-hybridized carbons (Fsp3) is 0.938. The van der Waals surface area contributed by atoms with Gasteiger partial charge in [0.25, 0.3) is 0 Å². The summed E-state index contributed by atoms with van der Waals surface area (Å²) in [5.41, 5.74) is 0. The van der Waals surface area contributed by atoms with Crippen LogP contribution in [0.2, 0.25) is 0 Å². The van der Waals surface area contributed by atoms with Crippen molar-refractivity contribution in [3.8, 4) is 0 Å². The van der Waals surface area contributed by atoms with E-state index in [1.165, 1.54) is 180 Å². The van der Waals surface area contributed by atoms with Crippen molar-refractivity contribution in [2.75, 3.05) is 0 Å². The van der Waals surface area contributed by atoms with Crippen LogP contribution in [0.25, 0.3) is 0 Å². The van der Waals surface area contributed by atoms with Crippen LogP contribution in [0.4, 0.5) is 0 Å². The summed E-state index contributed by atoms with van der Waals surface area (Å²) in [7, 11) is 0. The van der Waals surface area contributed by atoms with Crippen molar-refractivity contribution in [3.05, 3.63) is 13.8 Å². The molecule has 0 nitrogen and oxygen atoms in total. The minimum absolute atomic E-state index is 1.12. The first kappa shape index (κ1) is 32.0. The lowest BCUT2D eigenvalue weighted by Crippen LogP contribution is -1.85. The Morgan fingerprint density at radius 1 is 0.156 bits per heavy atom. The van der Waals surface area contributed by atoms with E-state index in [2.05, 4.69) is 13.8 Å². The number of rotatable bonds is 29. The maximum absolute atomic E-state index is 3.92. The lowest BCUT2D eigenvalue weighted by atomic mass is 10.0. The van der Waals surface area contributed by atoms with Crippen LogP contribution in [0.3, 0.4) is 0 Å². The number of hydrogen-bond donors (Lipinski definition) is 0. The van der Waals surface area contributed by atoms with Gasteiger partial charge in [0.05, 0.1) is 0 Å². The number of unbranched alkanes of at least 4 members (excludes halogenated alkanes) is 29. The zero-order valence-corrected chi connectivity index (χ0v) is 22.6. The smallest absolute Gasteiger partial charge is 0.0533 e. The van der Waals surface area contributed by atoms with Crippen LogP contribution in [-0.4, -0.2) is 0 Å². The van der Waals surface area contributed by atoms with Crippen LogP contribution >= 0.6 is 0 Å². The van der Waals surface area contributed by atoms with Crippen LogP contribution in [0.1, 0.15) is 193 Å². The molecular formula is C32H64. The SMILES string of the molecule is [CH2]CCCCCCCCCCCCCCCCCCCCCCCCCCCCCC[CH2]. The summed E-state index contributed by atoms with van der Waals surface area (Å²) >= 11 is 0. The normalized spacial score (nSPS) is 11.4. The molecule has 0 heterocycles. The van der Waals surface area contributed by atoms with E-state index in [-0.39, 0.29) is 0 Å². The summed E-state index contributed by atoms with van der Waals surface area (Å²) < 4.78 is 0. The molecule has 0 aromatic rings. The molecule has 0 amide bonds. The van der Waals surface area contributed by atoms with E-state index in [1.807, 2.05) is 0 Å². The Kier molecular flexibility index (Phi) is 31.0. The van der Waals surface area contributed by atoms with Crippen molar-refractivity contribution in [2.45, 2.75) is 193 Å². The summed E-state index contributed by atoms with van der Waals surface area (Å²) in [5, 5.41) is 0. The highest BCUT2D eigenvalue weighted by atomic mass is 14.0. The standard InChI is InChI=1S/C32H64/c1-3-5-7-9-11-13-15-17-19-21-23-25-27-29-31-32-30-28-26-24-22-20-18-16-14-12-10-8-6-4-2/h1-32H2. The maximum Gasteiger partial charge on any atom is -0.0533 e. The predicted octanol–water partition coefficient (Wildman–Crippen LogP) is 12.4. The van der Waals surface area contributed by atoms with E-state index in [4.69, 9.17) is 0 Å². The van der Waals surface area contributed by atoms with Crippen LogP contribution in [-0.2, 0) is 0 Å². The van der Waals surface area contributed by atoms with Crippen molar-refractivity contribution < 1.29 is 0 Å². The molecule has 0 aliphatic carbocycles. The molecule has 0 saturated carbocycles. The fourth-order valence-corrected chi connectivity index (χ4v) is 4.95. The van der Waals surface area contributed by atoms with Gasteiger partial charge in [0.1, 0.15) is 0 Å². The van der Waals surface area contributed by atoms with Gasteiger partial charge in [-0.2, -0.15) is 0 Å². The van der Waals surface area contributed by atoms with E-state index in [9.17, 15) is 0 Å². The fourth-order valence-electron chi connectivity index (χ4n) is 4.95. The molecule has 0 fully saturated rings. The van der Waals surface area contributed by atoms with Gasteiger partial charge in [-0.25, -0.2) is 0 Å². The summed E-state index contributed by atoms with van der Waals surface area (Å²) in [6.45, 7) is 7.84. The van der Waals surface area contributed by atoms with E-state index in [1.54, 1.807) is 0 Å². The minimum atomic E-state index is 1.12. The van der Waals surface area contributed by atoms with Crippen molar-refractivity contribution in [3.63, 3.8) is 0 Å². The molecule has 0 aromatic heterocycles. The molecule has 0 aliphatic heterocycles. The van der Waals surface area contributed by atoms with E-state index < -0.39 is 0 Å². The molecule has 0 bridgehead atoms. The van der Waals surface area contributed by atoms with Crippen LogP contribution in [0.15, 0.2) is 0 Å². The Morgan fingerprint density at radius 2 is 0.250 bits per heavy atom. The van der Waals surface area contributed by atoms with Gasteiger partial charge >= 0.3 is 0 Å². The average Bonchev–Trinajstić information content (AvgIpc) is 2.81. The second-order valence-corrected chi connectivity index (χ2v) is 10.6. The largest absolute Gasteiger partial charge is 0.0533 e. The molecule has 0 saturated heterocycles. The zero-order valence-electron chi connectivity index (χ0n) is 22.6. The molecule has 0 heteroatoms. The topological polar surface area (TPSA) is 0 Å². The minimum Gasteiger partial charge on any atom is -0.0533 e. The van der Waals surface area contributed by atoms with Crippen molar-refractivity contribution >= 4 is 0 Å². The van der Waals surface area contributed by atoms with Crippen molar-refractivity contribution in [1.29, 1.82) is 0 Å². The predicted molar refractivity (Wildman–Crippen MR) is 149 cm³/mol. The second kappa shape index (κ2) is 31.0.